The average Bonchev–Trinajstić information content (AvgIpc) is 3.12. The van der Waals surface area contributed by atoms with E-state index in [0.717, 1.165) is 25.8 Å². The van der Waals surface area contributed by atoms with Gasteiger partial charge in [-0.25, -0.2) is 4.98 Å². The van der Waals surface area contributed by atoms with Crippen molar-refractivity contribution in [1.82, 2.24) is 9.88 Å². The van der Waals surface area contributed by atoms with E-state index in [9.17, 15) is 4.79 Å². The van der Waals surface area contributed by atoms with E-state index in [-0.39, 0.29) is 5.91 Å². The van der Waals surface area contributed by atoms with E-state index in [1.165, 1.54) is 6.20 Å². The van der Waals surface area contributed by atoms with Crippen LogP contribution in [0, 0.1) is 0 Å². The molecule has 1 aliphatic carbocycles. The quantitative estimate of drug-likeness (QED) is 0.896. The third-order valence-corrected chi connectivity index (χ3v) is 3.12. The Labute approximate surface area is 106 Å². The summed E-state index contributed by atoms with van der Waals surface area (Å²) in [5.41, 5.74) is 6.05. The molecule has 0 unspecified atom stereocenters. The Kier molecular flexibility index (Phi) is 3.52. The number of nitrogens with zero attached hydrogens (tertiary/aromatic N) is 2. The van der Waals surface area contributed by atoms with Gasteiger partial charge < -0.3 is 10.6 Å². The highest BCUT2D eigenvalue weighted by molar-refractivity contribution is 6.33. The van der Waals surface area contributed by atoms with Crippen LogP contribution in [-0.2, 0) is 0 Å². The summed E-state index contributed by atoms with van der Waals surface area (Å²) < 4.78 is 0. The number of nitrogens with two attached hydrogens (primary N) is 1. The molecule has 0 aliphatic heterocycles. The van der Waals surface area contributed by atoms with Gasteiger partial charge in [-0.3, -0.25) is 4.79 Å². The molecule has 4 nitrogen and oxygen atoms in total. The minimum atomic E-state index is -0.0338. The maximum atomic E-state index is 12.3. The summed E-state index contributed by atoms with van der Waals surface area (Å²) in [7, 11) is 0. The number of aromatic nitrogens is 1. The second kappa shape index (κ2) is 4.92. The molecule has 2 rings (SSSR count). The van der Waals surface area contributed by atoms with Crippen molar-refractivity contribution in [3.05, 3.63) is 22.8 Å². The van der Waals surface area contributed by atoms with E-state index in [0.29, 0.717) is 22.4 Å². The van der Waals surface area contributed by atoms with Crippen LogP contribution in [0.25, 0.3) is 0 Å². The normalized spacial score (nSPS) is 14.7. The highest BCUT2D eigenvalue weighted by atomic mass is 35.5. The van der Waals surface area contributed by atoms with Gasteiger partial charge in [-0.1, -0.05) is 18.5 Å². The zero-order chi connectivity index (χ0) is 12.4. The van der Waals surface area contributed by atoms with E-state index in [4.69, 9.17) is 17.3 Å². The summed E-state index contributed by atoms with van der Waals surface area (Å²) in [6.07, 6.45) is 4.55. The van der Waals surface area contributed by atoms with E-state index in [1.807, 2.05) is 4.90 Å². The summed E-state index contributed by atoms with van der Waals surface area (Å²) in [5.74, 6) is 0.290. The first kappa shape index (κ1) is 12.2. The van der Waals surface area contributed by atoms with Gasteiger partial charge in [0.25, 0.3) is 5.91 Å². The molecule has 0 atom stereocenters. The number of halogens is 1. The second-order valence-corrected chi connectivity index (χ2v) is 4.73. The third kappa shape index (κ3) is 2.69. The Morgan fingerprint density at radius 3 is 2.94 bits per heavy atom. The molecular weight excluding hydrogens is 238 g/mol. The maximum absolute atomic E-state index is 12.3. The predicted octanol–water partition coefficient (Wildman–Crippen LogP) is 2.33. The zero-order valence-electron chi connectivity index (χ0n) is 9.82. The van der Waals surface area contributed by atoms with Gasteiger partial charge in [0, 0.05) is 18.8 Å². The van der Waals surface area contributed by atoms with Crippen LogP contribution >= 0.6 is 11.6 Å². The fourth-order valence-electron chi connectivity index (χ4n) is 1.85. The van der Waals surface area contributed by atoms with Crippen LogP contribution in [0.1, 0.15) is 36.5 Å². The Hall–Kier alpha value is -1.29. The Morgan fingerprint density at radius 2 is 2.35 bits per heavy atom. The number of pyridine rings is 1. The number of carbonyl (C=O) groups is 1. The molecule has 0 radical (unpaired) electrons. The monoisotopic (exact) mass is 253 g/mol. The summed E-state index contributed by atoms with van der Waals surface area (Å²) in [4.78, 5) is 18.1. The maximum Gasteiger partial charge on any atom is 0.255 e. The first-order chi connectivity index (χ1) is 8.13. The molecule has 2 N–H and O–H groups in total. The van der Waals surface area contributed by atoms with Crippen LogP contribution in [-0.4, -0.2) is 28.4 Å². The number of amides is 1. The lowest BCUT2D eigenvalue weighted by Crippen LogP contribution is -2.34. The highest BCUT2D eigenvalue weighted by Gasteiger charge is 2.33. The van der Waals surface area contributed by atoms with Gasteiger partial charge in [0.2, 0.25) is 0 Å². The SMILES string of the molecule is CCCN(C(=O)c1cc(N)ncc1Cl)C1CC1. The van der Waals surface area contributed by atoms with Crippen LogP contribution in [0.3, 0.4) is 0 Å². The summed E-state index contributed by atoms with van der Waals surface area (Å²) in [6.45, 7) is 2.83. The summed E-state index contributed by atoms with van der Waals surface area (Å²) in [5, 5.41) is 0.367. The lowest BCUT2D eigenvalue weighted by molar-refractivity contribution is 0.0743. The average molecular weight is 254 g/mol. The van der Waals surface area contributed by atoms with Gasteiger partial charge in [0.05, 0.1) is 10.6 Å². The van der Waals surface area contributed by atoms with Crippen molar-refractivity contribution < 1.29 is 4.79 Å². The van der Waals surface area contributed by atoms with Crippen LogP contribution < -0.4 is 5.73 Å². The molecule has 17 heavy (non-hydrogen) atoms. The summed E-state index contributed by atoms with van der Waals surface area (Å²) in [6, 6.07) is 1.93. The molecule has 1 aromatic rings. The molecule has 1 aliphatic rings. The van der Waals surface area contributed by atoms with Gasteiger partial charge in [0.15, 0.2) is 0 Å². The van der Waals surface area contributed by atoms with Crippen molar-refractivity contribution in [2.24, 2.45) is 0 Å². The van der Waals surface area contributed by atoms with Crippen molar-refractivity contribution in [1.29, 1.82) is 0 Å². The van der Waals surface area contributed by atoms with Gasteiger partial charge in [-0.15, -0.1) is 0 Å². The standard InChI is InChI=1S/C12H16ClN3O/c1-2-5-16(8-3-4-8)12(17)9-6-11(14)15-7-10(9)13/h6-8H,2-5H2,1H3,(H2,14,15). The largest absolute Gasteiger partial charge is 0.384 e. The topological polar surface area (TPSA) is 59.2 Å². The minimum absolute atomic E-state index is 0.0338. The molecule has 1 fully saturated rings. The van der Waals surface area contributed by atoms with Crippen LogP contribution in [0.5, 0.6) is 0 Å². The molecule has 1 saturated carbocycles. The molecule has 0 aromatic carbocycles. The lowest BCUT2D eigenvalue weighted by atomic mass is 10.2. The van der Waals surface area contributed by atoms with Crippen molar-refractivity contribution in [2.45, 2.75) is 32.2 Å². The zero-order valence-corrected chi connectivity index (χ0v) is 10.6. The second-order valence-electron chi connectivity index (χ2n) is 4.32. The third-order valence-electron chi connectivity index (χ3n) is 2.82. The number of nitrogen functional groups attached to an aromatic ring is 1. The fourth-order valence-corrected chi connectivity index (χ4v) is 2.03. The van der Waals surface area contributed by atoms with E-state index < -0.39 is 0 Å². The van der Waals surface area contributed by atoms with Crippen molar-refractivity contribution in [3.63, 3.8) is 0 Å². The first-order valence-corrected chi connectivity index (χ1v) is 6.23. The van der Waals surface area contributed by atoms with E-state index >= 15 is 0 Å². The molecule has 0 bridgehead atoms. The van der Waals surface area contributed by atoms with Crippen LogP contribution in [0.4, 0.5) is 5.82 Å². The Morgan fingerprint density at radius 1 is 1.65 bits per heavy atom. The first-order valence-electron chi connectivity index (χ1n) is 5.85. The molecule has 1 heterocycles. The lowest BCUT2D eigenvalue weighted by Gasteiger charge is -2.22. The minimum Gasteiger partial charge on any atom is -0.384 e. The molecule has 1 amide bonds. The van der Waals surface area contributed by atoms with Gasteiger partial charge in [0.1, 0.15) is 5.82 Å². The van der Waals surface area contributed by atoms with Crippen LogP contribution in [0.2, 0.25) is 5.02 Å². The van der Waals surface area contributed by atoms with E-state index in [1.54, 1.807) is 6.07 Å². The van der Waals surface area contributed by atoms with Crippen molar-refractivity contribution >= 4 is 23.3 Å². The highest BCUT2D eigenvalue weighted by Crippen LogP contribution is 2.30. The number of hydrogen-bond donors (Lipinski definition) is 1. The fraction of sp³-hybridized carbons (Fsp3) is 0.500. The molecule has 0 spiro atoms. The number of carbonyl (C=O) groups excluding carboxylic acids is 1. The Bertz CT molecular complexity index is 432. The van der Waals surface area contributed by atoms with Gasteiger partial charge in [-0.05, 0) is 25.3 Å². The smallest absolute Gasteiger partial charge is 0.255 e. The molecule has 0 saturated heterocycles. The molecule has 92 valence electrons. The van der Waals surface area contributed by atoms with Crippen LogP contribution in [0.15, 0.2) is 12.3 Å². The Balaban J connectivity index is 2.24. The molecule has 5 heteroatoms. The number of anilines is 1. The predicted molar refractivity (Wildman–Crippen MR) is 68.0 cm³/mol. The van der Waals surface area contributed by atoms with Gasteiger partial charge >= 0.3 is 0 Å². The van der Waals surface area contributed by atoms with Crippen molar-refractivity contribution in [3.8, 4) is 0 Å². The number of rotatable bonds is 4. The molecule has 1 aromatic heterocycles. The van der Waals surface area contributed by atoms with Crippen molar-refractivity contribution in [2.75, 3.05) is 12.3 Å². The van der Waals surface area contributed by atoms with Gasteiger partial charge in [-0.2, -0.15) is 0 Å². The number of hydrogen-bond acceptors (Lipinski definition) is 3. The van der Waals surface area contributed by atoms with E-state index in [2.05, 4.69) is 11.9 Å². The molecular formula is C12H16ClN3O. The summed E-state index contributed by atoms with van der Waals surface area (Å²) >= 11 is 5.99.